The van der Waals surface area contributed by atoms with Crippen molar-refractivity contribution in [3.63, 3.8) is 0 Å². The highest BCUT2D eigenvalue weighted by molar-refractivity contribution is 6.53. The molecule has 1 rings (SSSR count). The molecule has 0 bridgehead atoms. The molecule has 19 heavy (non-hydrogen) atoms. The molecule has 0 aliphatic rings. The minimum absolute atomic E-state index is 0.289. The summed E-state index contributed by atoms with van der Waals surface area (Å²) in [6.07, 6.45) is 3.03. The third-order valence-electron chi connectivity index (χ3n) is 3.21. The van der Waals surface area contributed by atoms with Gasteiger partial charge < -0.3 is 9.16 Å². The summed E-state index contributed by atoms with van der Waals surface area (Å²) in [5.41, 5.74) is 2.66. The maximum Gasteiger partial charge on any atom is 0.205 e. The number of benzene rings is 1. The molecule has 3 heteroatoms. The van der Waals surface area contributed by atoms with Gasteiger partial charge >= 0.3 is 0 Å². The van der Waals surface area contributed by atoms with Crippen LogP contribution in [-0.4, -0.2) is 21.4 Å². The Kier molecular flexibility index (Phi) is 7.71. The van der Waals surface area contributed by atoms with Crippen LogP contribution < -0.4 is 0 Å². The summed E-state index contributed by atoms with van der Waals surface area (Å²) in [5.74, 6) is 0. The van der Waals surface area contributed by atoms with Crippen molar-refractivity contribution in [3.05, 3.63) is 42.0 Å². The van der Waals surface area contributed by atoms with Gasteiger partial charge in [0.2, 0.25) is 9.04 Å². The SMILES string of the molecule is C=Cc1ccc(CO[SiH](CCC)C(C)OCC)cc1. The van der Waals surface area contributed by atoms with Crippen molar-refractivity contribution in [3.8, 4) is 0 Å². The topological polar surface area (TPSA) is 18.5 Å². The molecule has 0 N–H and O–H groups in total. The highest BCUT2D eigenvalue weighted by Gasteiger charge is 2.20. The molecule has 2 unspecified atom stereocenters. The van der Waals surface area contributed by atoms with E-state index in [0.29, 0.717) is 6.61 Å². The average Bonchev–Trinajstić information content (AvgIpc) is 2.44. The van der Waals surface area contributed by atoms with Crippen LogP contribution in [0.1, 0.15) is 38.3 Å². The molecule has 0 fully saturated rings. The number of rotatable bonds is 9. The van der Waals surface area contributed by atoms with E-state index in [4.69, 9.17) is 9.16 Å². The Morgan fingerprint density at radius 1 is 1.26 bits per heavy atom. The van der Waals surface area contributed by atoms with E-state index in [0.717, 1.165) is 12.2 Å². The van der Waals surface area contributed by atoms with Crippen LogP contribution in [0.4, 0.5) is 0 Å². The van der Waals surface area contributed by atoms with Crippen LogP contribution in [0.25, 0.3) is 6.08 Å². The fourth-order valence-corrected chi connectivity index (χ4v) is 4.35. The maximum atomic E-state index is 6.14. The summed E-state index contributed by atoms with van der Waals surface area (Å²) < 4.78 is 11.8. The fourth-order valence-electron chi connectivity index (χ4n) is 2.06. The Morgan fingerprint density at radius 2 is 1.95 bits per heavy atom. The van der Waals surface area contributed by atoms with Crippen molar-refractivity contribution in [1.82, 2.24) is 0 Å². The molecule has 0 amide bonds. The summed E-state index contributed by atoms with van der Waals surface area (Å²) >= 11 is 0. The lowest BCUT2D eigenvalue weighted by molar-refractivity contribution is 0.107. The summed E-state index contributed by atoms with van der Waals surface area (Å²) in [6.45, 7) is 11.6. The van der Waals surface area contributed by atoms with Crippen LogP contribution in [0.2, 0.25) is 6.04 Å². The van der Waals surface area contributed by atoms with Crippen LogP contribution in [0, 0.1) is 0 Å². The van der Waals surface area contributed by atoms with Gasteiger partial charge in [0.25, 0.3) is 0 Å². The van der Waals surface area contributed by atoms with Gasteiger partial charge in [-0.15, -0.1) is 0 Å². The summed E-state index contributed by atoms with van der Waals surface area (Å²) in [5, 5.41) is 0. The van der Waals surface area contributed by atoms with Crippen molar-refractivity contribution >= 4 is 15.1 Å². The van der Waals surface area contributed by atoms with Crippen molar-refractivity contribution < 1.29 is 9.16 Å². The van der Waals surface area contributed by atoms with Gasteiger partial charge in [-0.2, -0.15) is 0 Å². The maximum absolute atomic E-state index is 6.14. The van der Waals surface area contributed by atoms with Gasteiger partial charge in [-0.1, -0.05) is 50.3 Å². The largest absolute Gasteiger partial charge is 0.413 e. The fraction of sp³-hybridized carbons (Fsp3) is 0.500. The van der Waals surface area contributed by atoms with Gasteiger partial charge in [-0.05, 0) is 31.0 Å². The predicted octanol–water partition coefficient (Wildman–Crippen LogP) is 3.94. The molecule has 1 aromatic carbocycles. The highest BCUT2D eigenvalue weighted by Crippen LogP contribution is 2.12. The predicted molar refractivity (Wildman–Crippen MR) is 84.7 cm³/mol. The van der Waals surface area contributed by atoms with E-state index in [1.165, 1.54) is 18.0 Å². The Morgan fingerprint density at radius 3 is 2.47 bits per heavy atom. The molecule has 0 aromatic heterocycles. The van der Waals surface area contributed by atoms with Gasteiger partial charge in [0, 0.05) is 6.61 Å². The molecule has 2 nitrogen and oxygen atoms in total. The zero-order valence-corrected chi connectivity index (χ0v) is 13.5. The lowest BCUT2D eigenvalue weighted by Gasteiger charge is -2.22. The zero-order valence-electron chi connectivity index (χ0n) is 12.4. The first-order valence-electron chi connectivity index (χ1n) is 7.15. The molecule has 106 valence electrons. The summed E-state index contributed by atoms with van der Waals surface area (Å²) in [6, 6.07) is 9.55. The smallest absolute Gasteiger partial charge is 0.205 e. The molecule has 0 radical (unpaired) electrons. The number of ether oxygens (including phenoxy) is 1. The van der Waals surface area contributed by atoms with Crippen LogP contribution in [0.15, 0.2) is 30.8 Å². The molecule has 2 atom stereocenters. The van der Waals surface area contributed by atoms with Gasteiger partial charge in [-0.3, -0.25) is 0 Å². The van der Waals surface area contributed by atoms with E-state index < -0.39 is 9.04 Å². The molecule has 0 aliphatic heterocycles. The van der Waals surface area contributed by atoms with Crippen molar-refractivity contribution in [1.29, 1.82) is 0 Å². The minimum atomic E-state index is -1.28. The minimum Gasteiger partial charge on any atom is -0.413 e. The summed E-state index contributed by atoms with van der Waals surface area (Å²) in [7, 11) is -1.28. The van der Waals surface area contributed by atoms with Gasteiger partial charge in [-0.25, -0.2) is 0 Å². The Bertz CT molecular complexity index is 362. The molecule has 0 saturated heterocycles. The first-order chi connectivity index (χ1) is 9.21. The van der Waals surface area contributed by atoms with Gasteiger partial charge in [0.15, 0.2) is 0 Å². The highest BCUT2D eigenvalue weighted by atomic mass is 28.3. The quantitative estimate of drug-likeness (QED) is 0.637. The van der Waals surface area contributed by atoms with E-state index in [-0.39, 0.29) is 5.73 Å². The van der Waals surface area contributed by atoms with Crippen LogP contribution in [0.3, 0.4) is 0 Å². The van der Waals surface area contributed by atoms with E-state index in [2.05, 4.69) is 44.7 Å². The monoisotopic (exact) mass is 278 g/mol. The van der Waals surface area contributed by atoms with Crippen molar-refractivity contribution in [2.75, 3.05) is 6.61 Å². The average molecular weight is 278 g/mol. The van der Waals surface area contributed by atoms with Crippen LogP contribution in [-0.2, 0) is 15.8 Å². The standard InChI is InChI=1S/C16H26O2Si/c1-5-12-19(14(4)17-7-3)18-13-16-10-8-15(6-2)9-11-16/h6,8-11,14,19H,2,5,7,12-13H2,1,3-4H3. The first kappa shape index (κ1) is 16.2. The van der Waals surface area contributed by atoms with Crippen LogP contribution >= 0.6 is 0 Å². The second-order valence-corrected chi connectivity index (χ2v) is 7.67. The summed E-state index contributed by atoms with van der Waals surface area (Å²) in [4.78, 5) is 0. The second-order valence-electron chi connectivity index (χ2n) is 4.74. The number of hydrogen-bond donors (Lipinski definition) is 0. The van der Waals surface area contributed by atoms with Gasteiger partial charge in [0.1, 0.15) is 0 Å². The molecule has 0 heterocycles. The molecule has 1 aromatic rings. The molecular formula is C16H26O2Si. The van der Waals surface area contributed by atoms with Crippen molar-refractivity contribution in [2.45, 2.75) is 45.6 Å². The lowest BCUT2D eigenvalue weighted by atomic mass is 10.1. The van der Waals surface area contributed by atoms with E-state index in [1.54, 1.807) is 0 Å². The molecular weight excluding hydrogens is 252 g/mol. The Hall–Kier alpha value is -0.903. The Labute approximate surface area is 119 Å². The third kappa shape index (κ3) is 5.72. The van der Waals surface area contributed by atoms with Crippen LogP contribution in [0.5, 0.6) is 0 Å². The van der Waals surface area contributed by atoms with E-state index >= 15 is 0 Å². The Balaban J connectivity index is 2.51. The molecule has 0 aliphatic carbocycles. The van der Waals surface area contributed by atoms with E-state index in [1.807, 2.05) is 13.0 Å². The normalized spacial score (nSPS) is 14.1. The number of hydrogen-bond acceptors (Lipinski definition) is 2. The molecule has 0 saturated carbocycles. The lowest BCUT2D eigenvalue weighted by Crippen LogP contribution is -2.33. The van der Waals surface area contributed by atoms with E-state index in [9.17, 15) is 0 Å². The van der Waals surface area contributed by atoms with Crippen molar-refractivity contribution in [2.24, 2.45) is 0 Å². The second kappa shape index (κ2) is 9.07. The first-order valence-corrected chi connectivity index (χ1v) is 9.11. The molecule has 0 spiro atoms. The van der Waals surface area contributed by atoms with Gasteiger partial charge in [0.05, 0.1) is 12.3 Å². The zero-order chi connectivity index (χ0) is 14.1. The third-order valence-corrected chi connectivity index (χ3v) is 6.19.